The third kappa shape index (κ3) is 5.19. The van der Waals surface area contributed by atoms with Crippen molar-refractivity contribution in [2.75, 3.05) is 0 Å². The normalized spacial score (nSPS) is 12.1. The summed E-state index contributed by atoms with van der Waals surface area (Å²) in [5, 5.41) is 13.4. The number of aromatic carboxylic acids is 1. The third-order valence-electron chi connectivity index (χ3n) is 5.88. The van der Waals surface area contributed by atoms with Crippen molar-refractivity contribution in [3.63, 3.8) is 0 Å². The molecule has 2 N–H and O–H groups in total. The number of hydrogen-bond acceptors (Lipinski definition) is 2. The van der Waals surface area contributed by atoms with Crippen molar-refractivity contribution in [1.29, 1.82) is 0 Å². The number of carboxylic acid groups (broad SMARTS) is 1. The summed E-state index contributed by atoms with van der Waals surface area (Å²) in [5.74, 6) is -0.854. The van der Waals surface area contributed by atoms with Gasteiger partial charge < -0.3 is 15.0 Å². The van der Waals surface area contributed by atoms with Gasteiger partial charge in [0.05, 0.1) is 5.56 Å². The number of rotatable bonds is 9. The molecule has 3 aromatic rings. The van der Waals surface area contributed by atoms with E-state index in [2.05, 4.69) is 66.2 Å². The molecule has 0 aliphatic carbocycles. The fourth-order valence-electron chi connectivity index (χ4n) is 4.09. The minimum atomic E-state index is -0.854. The molecule has 0 unspecified atom stereocenters. The van der Waals surface area contributed by atoms with Crippen LogP contribution in [0.1, 0.15) is 57.3 Å². The van der Waals surface area contributed by atoms with Crippen LogP contribution in [0.4, 0.5) is 0 Å². The topological polar surface area (TPSA) is 54.3 Å². The fraction of sp³-hybridized carbons (Fsp3) is 0.346. The van der Waals surface area contributed by atoms with Crippen molar-refractivity contribution in [1.82, 2.24) is 9.88 Å². The van der Waals surface area contributed by atoms with E-state index in [1.54, 1.807) is 0 Å². The van der Waals surface area contributed by atoms with Crippen molar-refractivity contribution in [3.05, 3.63) is 93.8 Å². The van der Waals surface area contributed by atoms with Crippen LogP contribution in [0.5, 0.6) is 0 Å². The molecule has 158 valence electrons. The van der Waals surface area contributed by atoms with Crippen molar-refractivity contribution >= 4 is 5.97 Å². The Balaban J connectivity index is 1.74. The molecule has 0 amide bonds. The minimum absolute atomic E-state index is 0.298. The van der Waals surface area contributed by atoms with E-state index in [-0.39, 0.29) is 0 Å². The molecule has 1 heterocycles. The summed E-state index contributed by atoms with van der Waals surface area (Å²) in [7, 11) is 0. The highest BCUT2D eigenvalue weighted by molar-refractivity contribution is 5.91. The largest absolute Gasteiger partial charge is 0.478 e. The number of aryl methyl sites for hydroxylation is 2. The Kier molecular flexibility index (Phi) is 7.11. The Morgan fingerprint density at radius 2 is 1.70 bits per heavy atom. The van der Waals surface area contributed by atoms with Gasteiger partial charge in [0.1, 0.15) is 0 Å². The Morgan fingerprint density at radius 1 is 1.00 bits per heavy atom. The smallest absolute Gasteiger partial charge is 0.337 e. The molecule has 2 aromatic carbocycles. The van der Waals surface area contributed by atoms with Gasteiger partial charge in [-0.2, -0.15) is 0 Å². The lowest BCUT2D eigenvalue weighted by molar-refractivity contribution is 0.0694. The molecule has 0 aliphatic heterocycles. The summed E-state index contributed by atoms with van der Waals surface area (Å²) < 4.78 is 2.13. The number of hydrogen-bond donors (Lipinski definition) is 2. The quantitative estimate of drug-likeness (QED) is 0.511. The zero-order valence-corrected chi connectivity index (χ0v) is 18.4. The lowest BCUT2D eigenvalue weighted by Crippen LogP contribution is -2.27. The van der Waals surface area contributed by atoms with Gasteiger partial charge in [0.2, 0.25) is 0 Å². The average molecular weight is 405 g/mol. The maximum Gasteiger partial charge on any atom is 0.337 e. The van der Waals surface area contributed by atoms with Gasteiger partial charge in [-0.1, -0.05) is 60.2 Å². The van der Waals surface area contributed by atoms with E-state index in [0.717, 1.165) is 29.8 Å². The van der Waals surface area contributed by atoms with Gasteiger partial charge in [-0.15, -0.1) is 0 Å². The lowest BCUT2D eigenvalue weighted by atomic mass is 10.1. The summed E-state index contributed by atoms with van der Waals surface area (Å²) in [6.07, 6.45) is 2.02. The maximum absolute atomic E-state index is 12.0. The van der Waals surface area contributed by atoms with Crippen LogP contribution >= 0.6 is 0 Å². The van der Waals surface area contributed by atoms with Gasteiger partial charge in [-0.05, 0) is 51.7 Å². The predicted molar refractivity (Wildman–Crippen MR) is 122 cm³/mol. The molecule has 1 atom stereocenters. The first kappa shape index (κ1) is 21.8. The highest BCUT2D eigenvalue weighted by atomic mass is 16.4. The number of nitrogens with zero attached hydrogens (tertiary/aromatic N) is 1. The zero-order valence-electron chi connectivity index (χ0n) is 18.4. The Morgan fingerprint density at radius 3 is 2.37 bits per heavy atom. The molecule has 0 radical (unpaired) electrons. The number of nitrogens with one attached hydrogen (secondary N) is 1. The Hall–Kier alpha value is -2.85. The van der Waals surface area contributed by atoms with Crippen LogP contribution in [-0.2, 0) is 19.5 Å². The summed E-state index contributed by atoms with van der Waals surface area (Å²) in [6.45, 7) is 9.42. The van der Waals surface area contributed by atoms with Crippen LogP contribution in [0.25, 0.3) is 0 Å². The van der Waals surface area contributed by atoms with Gasteiger partial charge in [0, 0.05) is 36.1 Å². The number of aromatic nitrogens is 1. The van der Waals surface area contributed by atoms with E-state index in [1.165, 1.54) is 16.7 Å². The first-order valence-electron chi connectivity index (χ1n) is 10.6. The SMILES string of the molecule is Cc1cccc(Cn2c(C)c(CN[C@H](C)CCc3ccccc3)c(C(=O)O)c2C)c1. The molecule has 0 saturated carbocycles. The van der Waals surface area contributed by atoms with Crippen molar-refractivity contribution in [2.24, 2.45) is 0 Å². The predicted octanol–water partition coefficient (Wildman–Crippen LogP) is 5.27. The first-order valence-corrected chi connectivity index (χ1v) is 10.6. The van der Waals surface area contributed by atoms with E-state index < -0.39 is 5.97 Å². The molecule has 0 saturated heterocycles. The monoisotopic (exact) mass is 404 g/mol. The highest BCUT2D eigenvalue weighted by Gasteiger charge is 2.22. The summed E-state index contributed by atoms with van der Waals surface area (Å²) in [4.78, 5) is 12.0. The van der Waals surface area contributed by atoms with Crippen LogP contribution in [0.2, 0.25) is 0 Å². The van der Waals surface area contributed by atoms with E-state index in [0.29, 0.717) is 24.7 Å². The van der Waals surface area contributed by atoms with Crippen molar-refractivity contribution < 1.29 is 9.90 Å². The second-order valence-electron chi connectivity index (χ2n) is 8.21. The number of carbonyl (C=O) groups is 1. The van der Waals surface area contributed by atoms with E-state index in [9.17, 15) is 9.90 Å². The highest BCUT2D eigenvalue weighted by Crippen LogP contribution is 2.24. The molecule has 30 heavy (non-hydrogen) atoms. The van der Waals surface area contributed by atoms with Gasteiger partial charge >= 0.3 is 5.97 Å². The molecular formula is C26H32N2O2. The molecule has 0 aliphatic rings. The molecule has 0 bridgehead atoms. The molecule has 1 aromatic heterocycles. The molecule has 4 nitrogen and oxygen atoms in total. The van der Waals surface area contributed by atoms with E-state index >= 15 is 0 Å². The van der Waals surface area contributed by atoms with Crippen LogP contribution < -0.4 is 5.32 Å². The molecule has 0 fully saturated rings. The van der Waals surface area contributed by atoms with Gasteiger partial charge in [-0.25, -0.2) is 4.79 Å². The molecular weight excluding hydrogens is 372 g/mol. The van der Waals surface area contributed by atoms with Crippen LogP contribution in [-0.4, -0.2) is 21.7 Å². The second-order valence-corrected chi connectivity index (χ2v) is 8.21. The molecule has 3 rings (SSSR count). The minimum Gasteiger partial charge on any atom is -0.478 e. The summed E-state index contributed by atoms with van der Waals surface area (Å²) >= 11 is 0. The average Bonchev–Trinajstić information content (AvgIpc) is 2.96. The van der Waals surface area contributed by atoms with Gasteiger partial charge in [-0.3, -0.25) is 0 Å². The van der Waals surface area contributed by atoms with Crippen molar-refractivity contribution in [2.45, 2.75) is 59.7 Å². The second kappa shape index (κ2) is 9.77. The summed E-state index contributed by atoms with van der Waals surface area (Å²) in [6, 6.07) is 19.1. The Labute approximate surface area is 179 Å². The van der Waals surface area contributed by atoms with Gasteiger partial charge in [0.25, 0.3) is 0 Å². The fourth-order valence-corrected chi connectivity index (χ4v) is 4.09. The summed E-state index contributed by atoms with van der Waals surface area (Å²) in [5.41, 5.74) is 6.88. The van der Waals surface area contributed by atoms with E-state index in [1.807, 2.05) is 26.0 Å². The van der Waals surface area contributed by atoms with Crippen LogP contribution in [0.15, 0.2) is 54.6 Å². The number of benzene rings is 2. The standard InChI is InChI=1S/C26H32N2O2/c1-18-9-8-12-23(15-18)17-28-20(3)24(25(21(28)4)26(29)30)16-27-19(2)13-14-22-10-6-5-7-11-22/h5-12,15,19,27H,13-14,16-17H2,1-4H3,(H,29,30)/t19-/m1/s1. The maximum atomic E-state index is 12.0. The third-order valence-corrected chi connectivity index (χ3v) is 5.88. The van der Waals surface area contributed by atoms with Crippen LogP contribution in [0.3, 0.4) is 0 Å². The Bertz CT molecular complexity index is 1010. The molecule has 4 heteroatoms. The number of carboxylic acids is 1. The zero-order chi connectivity index (χ0) is 21.7. The van der Waals surface area contributed by atoms with Crippen LogP contribution in [0, 0.1) is 20.8 Å². The van der Waals surface area contributed by atoms with Gasteiger partial charge in [0.15, 0.2) is 0 Å². The van der Waals surface area contributed by atoms with Crippen molar-refractivity contribution in [3.8, 4) is 0 Å². The first-order chi connectivity index (χ1) is 14.4. The van der Waals surface area contributed by atoms with E-state index in [4.69, 9.17) is 0 Å². The molecule has 0 spiro atoms. The lowest BCUT2D eigenvalue weighted by Gasteiger charge is -2.15.